The quantitative estimate of drug-likeness (QED) is 0.341. The van der Waals surface area contributed by atoms with E-state index in [-0.39, 0.29) is 11.6 Å². The van der Waals surface area contributed by atoms with Gasteiger partial charge in [-0.3, -0.25) is 19.8 Å². The Morgan fingerprint density at radius 1 is 1.25 bits per heavy atom. The van der Waals surface area contributed by atoms with Gasteiger partial charge in [0.1, 0.15) is 0 Å². The SMILES string of the molecule is CC(C)CC(CNC(=O)CCCNc1ccc([N+](=O)[O-])cc1)N1CCOCC1. The van der Waals surface area contributed by atoms with Crippen LogP contribution in [0.2, 0.25) is 0 Å². The Labute approximate surface area is 166 Å². The van der Waals surface area contributed by atoms with Gasteiger partial charge < -0.3 is 15.4 Å². The van der Waals surface area contributed by atoms with Gasteiger partial charge in [-0.15, -0.1) is 0 Å². The normalized spacial score (nSPS) is 16.0. The van der Waals surface area contributed by atoms with Crippen molar-refractivity contribution in [3.63, 3.8) is 0 Å². The smallest absolute Gasteiger partial charge is 0.269 e. The molecule has 0 saturated carbocycles. The van der Waals surface area contributed by atoms with E-state index in [1.165, 1.54) is 12.1 Å². The number of carbonyl (C=O) groups is 1. The lowest BCUT2D eigenvalue weighted by molar-refractivity contribution is -0.384. The highest BCUT2D eigenvalue weighted by Crippen LogP contribution is 2.15. The third-order valence-corrected chi connectivity index (χ3v) is 4.83. The fraction of sp³-hybridized carbons (Fsp3) is 0.650. The lowest BCUT2D eigenvalue weighted by Crippen LogP contribution is -2.49. The lowest BCUT2D eigenvalue weighted by atomic mass is 10.0. The molecule has 0 radical (unpaired) electrons. The topological polar surface area (TPSA) is 96.7 Å². The molecule has 0 spiro atoms. The molecule has 1 amide bonds. The van der Waals surface area contributed by atoms with Crippen LogP contribution in [0.25, 0.3) is 0 Å². The van der Waals surface area contributed by atoms with E-state index in [2.05, 4.69) is 29.4 Å². The van der Waals surface area contributed by atoms with Crippen LogP contribution in [0.4, 0.5) is 11.4 Å². The van der Waals surface area contributed by atoms with Gasteiger partial charge in [-0.1, -0.05) is 13.8 Å². The number of rotatable bonds is 11. The molecular formula is C20H32N4O4. The third kappa shape index (κ3) is 7.82. The Hall–Kier alpha value is -2.19. The lowest BCUT2D eigenvalue weighted by Gasteiger charge is -2.35. The molecule has 28 heavy (non-hydrogen) atoms. The van der Waals surface area contributed by atoms with Crippen LogP contribution in [0.5, 0.6) is 0 Å². The van der Waals surface area contributed by atoms with E-state index in [9.17, 15) is 14.9 Å². The average molecular weight is 393 g/mol. The molecule has 8 nitrogen and oxygen atoms in total. The van der Waals surface area contributed by atoms with Crippen LogP contribution < -0.4 is 10.6 Å². The number of nitro benzene ring substituents is 1. The van der Waals surface area contributed by atoms with Crippen LogP contribution in [0.1, 0.15) is 33.1 Å². The predicted molar refractivity (Wildman–Crippen MR) is 109 cm³/mol. The fourth-order valence-corrected chi connectivity index (χ4v) is 3.35. The number of hydrogen-bond acceptors (Lipinski definition) is 6. The summed E-state index contributed by atoms with van der Waals surface area (Å²) in [5.74, 6) is 0.642. The first kappa shape index (κ1) is 22.1. The van der Waals surface area contributed by atoms with Gasteiger partial charge in [0.25, 0.3) is 5.69 Å². The number of ether oxygens (including phenoxy) is 1. The summed E-state index contributed by atoms with van der Waals surface area (Å²) in [6, 6.07) is 6.64. The number of anilines is 1. The number of hydrogen-bond donors (Lipinski definition) is 2. The zero-order valence-corrected chi connectivity index (χ0v) is 16.9. The molecule has 1 aromatic carbocycles. The molecule has 0 bridgehead atoms. The van der Waals surface area contributed by atoms with Crippen molar-refractivity contribution in [1.29, 1.82) is 0 Å². The van der Waals surface area contributed by atoms with E-state index in [0.29, 0.717) is 37.9 Å². The van der Waals surface area contributed by atoms with E-state index < -0.39 is 4.92 Å². The van der Waals surface area contributed by atoms with Gasteiger partial charge in [-0.25, -0.2) is 0 Å². The molecule has 2 N–H and O–H groups in total. The Bertz CT molecular complexity index is 615. The van der Waals surface area contributed by atoms with Crippen LogP contribution in [0, 0.1) is 16.0 Å². The molecule has 1 aliphatic heterocycles. The minimum absolute atomic E-state index is 0.0625. The second-order valence-electron chi connectivity index (χ2n) is 7.57. The van der Waals surface area contributed by atoms with Gasteiger partial charge in [-0.2, -0.15) is 0 Å². The molecule has 1 saturated heterocycles. The number of non-ortho nitro benzene ring substituents is 1. The number of nitrogens with one attached hydrogen (secondary N) is 2. The van der Waals surface area contributed by atoms with E-state index in [1.54, 1.807) is 12.1 Å². The first-order valence-corrected chi connectivity index (χ1v) is 10.0. The van der Waals surface area contributed by atoms with Crippen molar-refractivity contribution in [2.24, 2.45) is 5.92 Å². The monoisotopic (exact) mass is 392 g/mol. The molecule has 1 aliphatic rings. The maximum atomic E-state index is 12.2. The van der Waals surface area contributed by atoms with E-state index in [0.717, 1.165) is 38.4 Å². The van der Waals surface area contributed by atoms with E-state index in [1.807, 2.05) is 0 Å². The van der Waals surface area contributed by atoms with Crippen molar-refractivity contribution in [3.8, 4) is 0 Å². The molecular weight excluding hydrogens is 360 g/mol. The molecule has 1 heterocycles. The molecule has 1 unspecified atom stereocenters. The van der Waals surface area contributed by atoms with Gasteiger partial charge in [0, 0.05) is 56.5 Å². The number of carbonyl (C=O) groups excluding carboxylic acids is 1. The first-order valence-electron chi connectivity index (χ1n) is 10.0. The molecule has 2 rings (SSSR count). The molecule has 0 aromatic heterocycles. The minimum atomic E-state index is -0.419. The summed E-state index contributed by atoms with van der Waals surface area (Å²) in [5, 5.41) is 16.9. The third-order valence-electron chi connectivity index (χ3n) is 4.83. The molecule has 1 fully saturated rings. The Balaban J connectivity index is 1.66. The summed E-state index contributed by atoms with van der Waals surface area (Å²) >= 11 is 0. The van der Waals surface area contributed by atoms with Crippen molar-refractivity contribution in [1.82, 2.24) is 10.2 Å². The van der Waals surface area contributed by atoms with Crippen molar-refractivity contribution in [2.75, 3.05) is 44.7 Å². The van der Waals surface area contributed by atoms with Gasteiger partial charge >= 0.3 is 0 Å². The summed E-state index contributed by atoms with van der Waals surface area (Å²) < 4.78 is 5.43. The second-order valence-corrected chi connectivity index (χ2v) is 7.57. The van der Waals surface area contributed by atoms with Crippen LogP contribution in [-0.4, -0.2) is 61.2 Å². The number of amides is 1. The number of nitro groups is 1. The minimum Gasteiger partial charge on any atom is -0.385 e. The summed E-state index contributed by atoms with van der Waals surface area (Å²) in [4.78, 5) is 24.8. The molecule has 156 valence electrons. The van der Waals surface area contributed by atoms with Crippen LogP contribution in [-0.2, 0) is 9.53 Å². The molecule has 0 aliphatic carbocycles. The second kappa shape index (κ2) is 11.6. The van der Waals surface area contributed by atoms with Crippen LogP contribution in [0.15, 0.2) is 24.3 Å². The number of morpholine rings is 1. The zero-order chi connectivity index (χ0) is 20.4. The van der Waals surface area contributed by atoms with Crippen molar-refractivity contribution in [3.05, 3.63) is 34.4 Å². The molecule has 1 atom stereocenters. The number of benzene rings is 1. The average Bonchev–Trinajstić information content (AvgIpc) is 2.69. The Kier molecular flexibility index (Phi) is 9.16. The van der Waals surface area contributed by atoms with Crippen molar-refractivity contribution >= 4 is 17.3 Å². The first-order chi connectivity index (χ1) is 13.5. The Morgan fingerprint density at radius 3 is 2.54 bits per heavy atom. The summed E-state index contributed by atoms with van der Waals surface area (Å²) in [6.45, 7) is 9.10. The number of nitrogens with zero attached hydrogens (tertiary/aromatic N) is 2. The molecule has 8 heteroatoms. The van der Waals surface area contributed by atoms with Crippen molar-refractivity contribution in [2.45, 2.75) is 39.2 Å². The van der Waals surface area contributed by atoms with Crippen molar-refractivity contribution < 1.29 is 14.5 Å². The maximum absolute atomic E-state index is 12.2. The van der Waals surface area contributed by atoms with Gasteiger partial charge in [-0.05, 0) is 30.9 Å². The van der Waals surface area contributed by atoms with E-state index in [4.69, 9.17) is 4.74 Å². The highest BCUT2D eigenvalue weighted by molar-refractivity contribution is 5.75. The fourth-order valence-electron chi connectivity index (χ4n) is 3.35. The molecule has 1 aromatic rings. The van der Waals surface area contributed by atoms with Gasteiger partial charge in [0.15, 0.2) is 0 Å². The van der Waals surface area contributed by atoms with Gasteiger partial charge in [0.2, 0.25) is 5.91 Å². The summed E-state index contributed by atoms with van der Waals surface area (Å²) in [7, 11) is 0. The van der Waals surface area contributed by atoms with Gasteiger partial charge in [0.05, 0.1) is 18.1 Å². The van der Waals surface area contributed by atoms with Crippen LogP contribution in [0.3, 0.4) is 0 Å². The van der Waals surface area contributed by atoms with Crippen LogP contribution >= 0.6 is 0 Å². The summed E-state index contributed by atoms with van der Waals surface area (Å²) in [5.41, 5.74) is 0.886. The predicted octanol–water partition coefficient (Wildman–Crippen LogP) is 2.65. The zero-order valence-electron chi connectivity index (χ0n) is 16.9. The summed E-state index contributed by atoms with van der Waals surface area (Å²) in [6.07, 6.45) is 2.22. The highest BCUT2D eigenvalue weighted by Gasteiger charge is 2.22. The van der Waals surface area contributed by atoms with E-state index >= 15 is 0 Å². The Morgan fingerprint density at radius 2 is 1.93 bits per heavy atom. The maximum Gasteiger partial charge on any atom is 0.269 e. The standard InChI is InChI=1S/C20H32N4O4/c1-16(2)14-19(23-10-12-28-13-11-23)15-22-20(25)4-3-9-21-17-5-7-18(8-6-17)24(26)27/h5-8,16,19,21H,3-4,9-15H2,1-2H3,(H,22,25). The largest absolute Gasteiger partial charge is 0.385 e. The highest BCUT2D eigenvalue weighted by atomic mass is 16.6.